The molecular formula is C18H22BrNO4. The number of carbonyl (C=O) groups is 2. The van der Waals surface area contributed by atoms with E-state index in [9.17, 15) is 14.7 Å². The molecule has 1 aromatic carbocycles. The molecule has 0 spiro atoms. The minimum Gasteiger partial charge on any atom is -0.375 e. The fraction of sp³-hybridized carbons (Fsp3) is 0.556. The molecule has 0 aliphatic carbocycles. The minimum atomic E-state index is -1.86. The van der Waals surface area contributed by atoms with Gasteiger partial charge in [-0.05, 0) is 38.5 Å². The van der Waals surface area contributed by atoms with Gasteiger partial charge in [-0.25, -0.2) is 0 Å². The van der Waals surface area contributed by atoms with Crippen LogP contribution in [0.3, 0.4) is 0 Å². The first-order chi connectivity index (χ1) is 11.2. The lowest BCUT2D eigenvalue weighted by molar-refractivity contribution is -0.172. The maximum absolute atomic E-state index is 13.0. The molecule has 5 nitrogen and oxygen atoms in total. The summed E-state index contributed by atoms with van der Waals surface area (Å²) < 4.78 is 6.51. The number of fused-ring (bicyclic) bond motifs is 1. The Morgan fingerprint density at radius 1 is 1.38 bits per heavy atom. The first kappa shape index (κ1) is 17.6. The zero-order chi connectivity index (χ0) is 17.7. The van der Waals surface area contributed by atoms with Crippen LogP contribution in [0, 0.1) is 5.92 Å². The molecule has 0 aromatic heterocycles. The third kappa shape index (κ3) is 2.61. The van der Waals surface area contributed by atoms with Gasteiger partial charge in [-0.1, -0.05) is 22.9 Å². The molecule has 2 heterocycles. The van der Waals surface area contributed by atoms with Crippen LogP contribution in [-0.2, 0) is 19.9 Å². The molecule has 2 aliphatic rings. The maximum atomic E-state index is 13.0. The summed E-state index contributed by atoms with van der Waals surface area (Å²) in [4.78, 5) is 27.3. The van der Waals surface area contributed by atoms with Crippen molar-refractivity contribution in [3.8, 4) is 0 Å². The van der Waals surface area contributed by atoms with Gasteiger partial charge in [-0.3, -0.25) is 9.59 Å². The molecule has 1 fully saturated rings. The number of aliphatic hydroxyl groups is 1. The summed E-state index contributed by atoms with van der Waals surface area (Å²) in [6.45, 7) is 6.20. The zero-order valence-electron chi connectivity index (χ0n) is 14.1. The highest BCUT2D eigenvalue weighted by Crippen LogP contribution is 2.48. The topological polar surface area (TPSA) is 66.8 Å². The van der Waals surface area contributed by atoms with E-state index < -0.39 is 23.0 Å². The maximum Gasteiger partial charge on any atom is 0.264 e. The lowest BCUT2D eigenvalue weighted by atomic mass is 9.76. The van der Waals surface area contributed by atoms with Gasteiger partial charge in [0.05, 0.1) is 23.8 Å². The fourth-order valence-electron chi connectivity index (χ4n) is 3.61. The van der Waals surface area contributed by atoms with Gasteiger partial charge in [0, 0.05) is 23.0 Å². The Morgan fingerprint density at radius 3 is 2.71 bits per heavy atom. The van der Waals surface area contributed by atoms with Gasteiger partial charge < -0.3 is 14.7 Å². The molecule has 2 atom stereocenters. The van der Waals surface area contributed by atoms with E-state index in [1.165, 1.54) is 0 Å². The third-order valence-electron chi connectivity index (χ3n) is 4.81. The van der Waals surface area contributed by atoms with Crippen molar-refractivity contribution in [1.29, 1.82) is 0 Å². The van der Waals surface area contributed by atoms with E-state index in [-0.39, 0.29) is 18.8 Å². The number of nitrogens with zero attached hydrogens (tertiary/aromatic N) is 1. The monoisotopic (exact) mass is 395 g/mol. The van der Waals surface area contributed by atoms with Crippen molar-refractivity contribution in [3.05, 3.63) is 28.2 Å². The van der Waals surface area contributed by atoms with Crippen molar-refractivity contribution in [2.75, 3.05) is 18.1 Å². The second-order valence-electron chi connectivity index (χ2n) is 7.15. The molecule has 1 aromatic rings. The number of Topliss-reactive ketones (excluding diaryl/α,β-unsaturated/α-hetero) is 1. The highest BCUT2D eigenvalue weighted by molar-refractivity contribution is 9.10. The summed E-state index contributed by atoms with van der Waals surface area (Å²) in [6, 6.07) is 5.38. The van der Waals surface area contributed by atoms with Crippen LogP contribution in [0.1, 0.15) is 39.2 Å². The van der Waals surface area contributed by atoms with Gasteiger partial charge in [-0.15, -0.1) is 0 Å². The summed E-state index contributed by atoms with van der Waals surface area (Å²) in [5, 5.41) is 11.4. The summed E-state index contributed by atoms with van der Waals surface area (Å²) in [5.74, 6) is -1.45. The second-order valence-corrected chi connectivity index (χ2v) is 8.07. The number of halogens is 1. The van der Waals surface area contributed by atoms with Crippen LogP contribution in [0.5, 0.6) is 0 Å². The molecule has 0 radical (unpaired) electrons. The zero-order valence-corrected chi connectivity index (χ0v) is 15.7. The molecule has 0 bridgehead atoms. The number of carbonyl (C=O) groups excluding carboxylic acids is 2. The first-order valence-electron chi connectivity index (χ1n) is 8.21. The van der Waals surface area contributed by atoms with Crippen molar-refractivity contribution >= 4 is 33.3 Å². The average Bonchev–Trinajstić information content (AvgIpc) is 2.69. The third-order valence-corrected chi connectivity index (χ3v) is 5.31. The average molecular weight is 396 g/mol. The molecule has 0 saturated carbocycles. The van der Waals surface area contributed by atoms with Crippen LogP contribution in [0.25, 0.3) is 0 Å². The fourth-order valence-corrected chi connectivity index (χ4v) is 3.97. The molecule has 6 heteroatoms. The SMILES string of the molecule is CCCN1C(=O)[C@@](O)([C@@H]2COC(C)(C)CC2=O)c2cc(Br)ccc21. The summed E-state index contributed by atoms with van der Waals surface area (Å²) >= 11 is 3.40. The van der Waals surface area contributed by atoms with Crippen molar-refractivity contribution in [1.82, 2.24) is 0 Å². The predicted octanol–water partition coefficient (Wildman–Crippen LogP) is 2.78. The Bertz CT molecular complexity index is 702. The molecule has 0 unspecified atom stereocenters. The van der Waals surface area contributed by atoms with Gasteiger partial charge in [0.15, 0.2) is 5.60 Å². The van der Waals surface area contributed by atoms with E-state index >= 15 is 0 Å². The molecule has 130 valence electrons. The summed E-state index contributed by atoms with van der Waals surface area (Å²) in [5.41, 5.74) is -1.27. The molecule has 1 saturated heterocycles. The van der Waals surface area contributed by atoms with E-state index in [1.807, 2.05) is 32.9 Å². The van der Waals surface area contributed by atoms with E-state index in [4.69, 9.17) is 4.74 Å². The number of hydrogen-bond acceptors (Lipinski definition) is 4. The predicted molar refractivity (Wildman–Crippen MR) is 93.8 cm³/mol. The largest absolute Gasteiger partial charge is 0.375 e. The lowest BCUT2D eigenvalue weighted by Gasteiger charge is -2.39. The molecular weight excluding hydrogens is 374 g/mol. The number of ether oxygens (including phenoxy) is 1. The smallest absolute Gasteiger partial charge is 0.264 e. The Hall–Kier alpha value is -1.24. The quantitative estimate of drug-likeness (QED) is 0.854. The Kier molecular flexibility index (Phi) is 4.35. The second kappa shape index (κ2) is 5.93. The highest BCUT2D eigenvalue weighted by atomic mass is 79.9. The minimum absolute atomic E-state index is 0.0417. The van der Waals surface area contributed by atoms with Gasteiger partial charge >= 0.3 is 0 Å². The molecule has 2 aliphatic heterocycles. The highest BCUT2D eigenvalue weighted by Gasteiger charge is 2.58. The van der Waals surface area contributed by atoms with Crippen LogP contribution in [0.15, 0.2) is 22.7 Å². The first-order valence-corrected chi connectivity index (χ1v) is 9.01. The molecule has 24 heavy (non-hydrogen) atoms. The number of ketones is 1. The Morgan fingerprint density at radius 2 is 2.08 bits per heavy atom. The van der Waals surface area contributed by atoms with E-state index in [2.05, 4.69) is 15.9 Å². The van der Waals surface area contributed by atoms with Crippen LogP contribution >= 0.6 is 15.9 Å². The van der Waals surface area contributed by atoms with Crippen LogP contribution in [0.4, 0.5) is 5.69 Å². The number of benzene rings is 1. The van der Waals surface area contributed by atoms with E-state index in [0.717, 1.165) is 10.9 Å². The van der Waals surface area contributed by atoms with E-state index in [0.29, 0.717) is 17.8 Å². The number of anilines is 1. The van der Waals surface area contributed by atoms with E-state index in [1.54, 1.807) is 11.0 Å². The Labute approximate surface area is 150 Å². The van der Waals surface area contributed by atoms with Crippen LogP contribution in [-0.4, -0.2) is 35.5 Å². The van der Waals surface area contributed by atoms with Crippen molar-refractivity contribution < 1.29 is 19.4 Å². The Balaban J connectivity index is 2.08. The molecule has 3 rings (SSSR count). The standard InChI is InChI=1S/C18H22BrNO4/c1-4-7-20-14-6-5-11(19)8-12(14)18(23,16(20)22)13-10-24-17(2,3)9-15(13)21/h5-6,8,13,23H,4,7,9-10H2,1-3H3/t13-,18+/m1/s1. The van der Waals surface area contributed by atoms with Gasteiger partial charge in [0.2, 0.25) is 0 Å². The van der Waals surface area contributed by atoms with Gasteiger partial charge in [-0.2, -0.15) is 0 Å². The normalized spacial score (nSPS) is 29.0. The van der Waals surface area contributed by atoms with Crippen LogP contribution < -0.4 is 4.90 Å². The van der Waals surface area contributed by atoms with Crippen molar-refractivity contribution in [2.45, 2.75) is 44.8 Å². The number of amides is 1. The van der Waals surface area contributed by atoms with Gasteiger partial charge in [0.1, 0.15) is 5.78 Å². The summed E-state index contributed by atoms with van der Waals surface area (Å²) in [6.07, 6.45) is 0.948. The van der Waals surface area contributed by atoms with Crippen molar-refractivity contribution in [2.24, 2.45) is 5.92 Å². The molecule has 1 N–H and O–H groups in total. The lowest BCUT2D eigenvalue weighted by Crippen LogP contribution is -2.54. The van der Waals surface area contributed by atoms with Crippen LogP contribution in [0.2, 0.25) is 0 Å². The summed E-state index contributed by atoms with van der Waals surface area (Å²) in [7, 11) is 0. The number of rotatable bonds is 3. The number of hydrogen-bond donors (Lipinski definition) is 1. The van der Waals surface area contributed by atoms with Crippen molar-refractivity contribution in [3.63, 3.8) is 0 Å². The molecule has 1 amide bonds. The van der Waals surface area contributed by atoms with Gasteiger partial charge in [0.25, 0.3) is 5.91 Å².